The zero-order chi connectivity index (χ0) is 21.9. The maximum atomic E-state index is 10.7. The van der Waals surface area contributed by atoms with Crippen LogP contribution in [0.25, 0.3) is 0 Å². The molecule has 8 heteroatoms. The van der Waals surface area contributed by atoms with E-state index in [2.05, 4.69) is 0 Å². The van der Waals surface area contributed by atoms with Gasteiger partial charge < -0.3 is 34.6 Å². The van der Waals surface area contributed by atoms with E-state index in [1.165, 1.54) is 7.11 Å². The maximum absolute atomic E-state index is 10.7. The molecular formula is C22H27ClO7. The normalized spacial score (nSPS) is 29.0. The van der Waals surface area contributed by atoms with Gasteiger partial charge in [-0.25, -0.2) is 0 Å². The van der Waals surface area contributed by atoms with E-state index in [9.17, 15) is 20.4 Å². The molecule has 2 aromatic rings. The van der Waals surface area contributed by atoms with Crippen molar-refractivity contribution in [3.8, 4) is 5.75 Å². The molecule has 0 aliphatic carbocycles. The van der Waals surface area contributed by atoms with E-state index in [0.717, 1.165) is 16.9 Å². The molecule has 0 radical (unpaired) electrons. The van der Waals surface area contributed by atoms with Crippen molar-refractivity contribution in [2.24, 2.45) is 0 Å². The van der Waals surface area contributed by atoms with Crippen LogP contribution in [0.2, 0.25) is 5.02 Å². The molecule has 5 atom stereocenters. The Morgan fingerprint density at radius 1 is 1.07 bits per heavy atom. The highest BCUT2D eigenvalue weighted by Crippen LogP contribution is 2.40. The van der Waals surface area contributed by atoms with Gasteiger partial charge in [0.1, 0.15) is 30.2 Å². The zero-order valence-corrected chi connectivity index (χ0v) is 17.6. The lowest BCUT2D eigenvalue weighted by Crippen LogP contribution is -2.64. The summed E-state index contributed by atoms with van der Waals surface area (Å²) in [5.74, 6) is -0.995. The van der Waals surface area contributed by atoms with Gasteiger partial charge in [-0.15, -0.1) is 0 Å². The van der Waals surface area contributed by atoms with Crippen LogP contribution in [-0.4, -0.2) is 65.2 Å². The summed E-state index contributed by atoms with van der Waals surface area (Å²) in [6.07, 6.45) is -5.23. The van der Waals surface area contributed by atoms with Gasteiger partial charge in [0.25, 0.3) is 0 Å². The predicted molar refractivity (Wildman–Crippen MR) is 111 cm³/mol. The van der Waals surface area contributed by atoms with E-state index >= 15 is 0 Å². The smallest absolute Gasteiger partial charge is 0.224 e. The summed E-state index contributed by atoms with van der Waals surface area (Å²) in [4.78, 5) is 0. The van der Waals surface area contributed by atoms with E-state index in [0.29, 0.717) is 23.6 Å². The van der Waals surface area contributed by atoms with Crippen LogP contribution in [0.4, 0.5) is 0 Å². The first kappa shape index (κ1) is 23.0. The molecule has 1 aliphatic heterocycles. The Hall–Kier alpha value is -1.71. The molecular weight excluding hydrogens is 412 g/mol. The molecule has 0 unspecified atom stereocenters. The van der Waals surface area contributed by atoms with Crippen molar-refractivity contribution in [2.45, 2.75) is 43.5 Å². The lowest BCUT2D eigenvalue weighted by Gasteiger charge is -2.47. The number of hydrogen-bond donors (Lipinski definition) is 4. The second kappa shape index (κ2) is 9.62. The summed E-state index contributed by atoms with van der Waals surface area (Å²) in [5.41, 5.74) is 2.16. The van der Waals surface area contributed by atoms with Crippen molar-refractivity contribution in [2.75, 3.05) is 20.3 Å². The topological polar surface area (TPSA) is 109 Å². The molecule has 0 bridgehead atoms. The van der Waals surface area contributed by atoms with Crippen molar-refractivity contribution in [1.29, 1.82) is 0 Å². The second-order valence-electron chi connectivity index (χ2n) is 7.20. The molecule has 1 aliphatic rings. The Bertz CT molecular complexity index is 842. The Morgan fingerprint density at radius 2 is 1.77 bits per heavy atom. The Balaban J connectivity index is 1.94. The van der Waals surface area contributed by atoms with Gasteiger partial charge in [-0.3, -0.25) is 0 Å². The maximum Gasteiger partial charge on any atom is 0.224 e. The molecule has 0 spiro atoms. The van der Waals surface area contributed by atoms with Crippen molar-refractivity contribution >= 4 is 11.6 Å². The van der Waals surface area contributed by atoms with Crippen LogP contribution in [0.15, 0.2) is 42.5 Å². The average molecular weight is 439 g/mol. The number of aliphatic hydroxyl groups excluding tert-OH is 4. The standard InChI is InChI=1S/C22H27ClO7/c1-3-29-16-7-4-13(5-8-16)10-14-11-15(6-9-17(14)23)22(28-2)21(27)20(26)19(25)18(12-24)30-22/h4-9,11,18-21,24-27H,3,10,12H2,1-2H3/t18-,19-,20+,21-,22-/m1/s1. The van der Waals surface area contributed by atoms with Gasteiger partial charge in [0.2, 0.25) is 5.79 Å². The number of benzene rings is 2. The van der Waals surface area contributed by atoms with Crippen LogP contribution in [0, 0.1) is 0 Å². The molecule has 3 rings (SSSR count). The van der Waals surface area contributed by atoms with Crippen LogP contribution >= 0.6 is 11.6 Å². The van der Waals surface area contributed by atoms with E-state index in [-0.39, 0.29) is 0 Å². The SMILES string of the molecule is CCOc1ccc(Cc2cc([C@@]3(OC)O[C@H](CO)[C@@H](O)[C@H](O)[C@H]3O)ccc2Cl)cc1. The van der Waals surface area contributed by atoms with Crippen LogP contribution in [0.5, 0.6) is 5.75 Å². The van der Waals surface area contributed by atoms with Crippen LogP contribution in [0.3, 0.4) is 0 Å². The van der Waals surface area contributed by atoms with Gasteiger partial charge in [-0.2, -0.15) is 0 Å². The third-order valence-electron chi connectivity index (χ3n) is 5.33. The molecule has 7 nitrogen and oxygen atoms in total. The largest absolute Gasteiger partial charge is 0.494 e. The molecule has 4 N–H and O–H groups in total. The minimum atomic E-state index is -1.77. The second-order valence-corrected chi connectivity index (χ2v) is 7.60. The number of ether oxygens (including phenoxy) is 3. The fraction of sp³-hybridized carbons (Fsp3) is 0.455. The van der Waals surface area contributed by atoms with Crippen LogP contribution in [-0.2, 0) is 21.7 Å². The van der Waals surface area contributed by atoms with E-state index in [1.54, 1.807) is 18.2 Å². The summed E-state index contributed by atoms with van der Waals surface area (Å²) in [5, 5.41) is 41.1. The summed E-state index contributed by atoms with van der Waals surface area (Å²) >= 11 is 6.40. The lowest BCUT2D eigenvalue weighted by molar-refractivity contribution is -0.366. The summed E-state index contributed by atoms with van der Waals surface area (Å²) < 4.78 is 16.7. The average Bonchev–Trinajstić information content (AvgIpc) is 2.76. The number of hydrogen-bond acceptors (Lipinski definition) is 7. The summed E-state index contributed by atoms with van der Waals surface area (Å²) in [6, 6.07) is 12.6. The highest BCUT2D eigenvalue weighted by Gasteiger charge is 2.55. The van der Waals surface area contributed by atoms with E-state index in [1.807, 2.05) is 31.2 Å². The van der Waals surface area contributed by atoms with Crippen molar-refractivity contribution in [1.82, 2.24) is 0 Å². The first-order valence-electron chi connectivity index (χ1n) is 9.75. The number of aliphatic hydroxyl groups is 4. The molecule has 30 heavy (non-hydrogen) atoms. The first-order valence-corrected chi connectivity index (χ1v) is 10.1. The Labute approximate surface area is 180 Å². The lowest BCUT2D eigenvalue weighted by atomic mass is 9.87. The Kier molecular flexibility index (Phi) is 7.36. The van der Waals surface area contributed by atoms with E-state index in [4.69, 9.17) is 25.8 Å². The Morgan fingerprint density at radius 3 is 2.37 bits per heavy atom. The monoisotopic (exact) mass is 438 g/mol. The van der Waals surface area contributed by atoms with Gasteiger partial charge in [-0.1, -0.05) is 29.8 Å². The zero-order valence-electron chi connectivity index (χ0n) is 16.9. The number of halogens is 1. The number of rotatable bonds is 7. The molecule has 1 fully saturated rings. The van der Waals surface area contributed by atoms with Crippen molar-refractivity contribution in [3.05, 3.63) is 64.2 Å². The third-order valence-corrected chi connectivity index (χ3v) is 5.70. The van der Waals surface area contributed by atoms with Gasteiger partial charge in [0, 0.05) is 17.7 Å². The molecule has 0 saturated carbocycles. The minimum absolute atomic E-state index is 0.409. The minimum Gasteiger partial charge on any atom is -0.494 e. The van der Waals surface area contributed by atoms with Gasteiger partial charge in [-0.05, 0) is 48.7 Å². The van der Waals surface area contributed by atoms with Gasteiger partial charge in [0.15, 0.2) is 0 Å². The summed E-state index contributed by atoms with van der Waals surface area (Å²) in [6.45, 7) is 1.95. The molecule has 1 heterocycles. The first-order chi connectivity index (χ1) is 14.4. The molecule has 2 aromatic carbocycles. The third kappa shape index (κ3) is 4.33. The molecule has 164 valence electrons. The van der Waals surface area contributed by atoms with Crippen LogP contribution < -0.4 is 4.74 Å². The quantitative estimate of drug-likeness (QED) is 0.520. The van der Waals surface area contributed by atoms with Gasteiger partial charge in [0.05, 0.1) is 13.2 Å². The highest BCUT2D eigenvalue weighted by atomic mass is 35.5. The highest BCUT2D eigenvalue weighted by molar-refractivity contribution is 6.31. The molecule has 0 amide bonds. The van der Waals surface area contributed by atoms with Crippen molar-refractivity contribution in [3.63, 3.8) is 0 Å². The number of methoxy groups -OCH3 is 1. The fourth-order valence-electron chi connectivity index (χ4n) is 3.68. The molecule has 1 saturated heterocycles. The van der Waals surface area contributed by atoms with Crippen LogP contribution in [0.1, 0.15) is 23.6 Å². The summed E-state index contributed by atoms with van der Waals surface area (Å²) in [7, 11) is 1.32. The predicted octanol–water partition coefficient (Wildman–Crippen LogP) is 1.60. The molecule has 0 aromatic heterocycles. The fourth-order valence-corrected chi connectivity index (χ4v) is 3.87. The van der Waals surface area contributed by atoms with Gasteiger partial charge >= 0.3 is 0 Å². The van der Waals surface area contributed by atoms with E-state index < -0.39 is 36.8 Å². The van der Waals surface area contributed by atoms with Crippen molar-refractivity contribution < 1.29 is 34.6 Å².